The molecule has 2 heterocycles. The lowest BCUT2D eigenvalue weighted by atomic mass is 10.2. The molecule has 0 saturated carbocycles. The van der Waals surface area contributed by atoms with Gasteiger partial charge in [0.2, 0.25) is 10.0 Å². The fraction of sp³-hybridized carbons (Fsp3) is 0.526. The van der Waals surface area contributed by atoms with Gasteiger partial charge in [-0.25, -0.2) is 13.1 Å². The van der Waals surface area contributed by atoms with Crippen LogP contribution in [0.4, 0.5) is 0 Å². The predicted octanol–water partition coefficient (Wildman–Crippen LogP) is 1.51. The van der Waals surface area contributed by atoms with Gasteiger partial charge in [0.25, 0.3) is 0 Å². The number of aryl methyl sites for hydroxylation is 2. The van der Waals surface area contributed by atoms with E-state index in [0.29, 0.717) is 17.9 Å². The summed E-state index contributed by atoms with van der Waals surface area (Å²) in [5, 5.41) is 6.73. The van der Waals surface area contributed by atoms with Crippen molar-refractivity contribution >= 4 is 10.0 Å². The van der Waals surface area contributed by atoms with E-state index in [4.69, 9.17) is 0 Å². The summed E-state index contributed by atoms with van der Waals surface area (Å²) in [6.07, 6.45) is 0. The number of sulfonamides is 1. The smallest absolute Gasteiger partial charge is 0.244 e. The van der Waals surface area contributed by atoms with Crippen LogP contribution >= 0.6 is 0 Å². The van der Waals surface area contributed by atoms with Crippen molar-refractivity contribution in [1.82, 2.24) is 24.7 Å². The van der Waals surface area contributed by atoms with Gasteiger partial charge in [0.1, 0.15) is 4.90 Å². The van der Waals surface area contributed by atoms with Crippen molar-refractivity contribution in [3.05, 3.63) is 47.3 Å². The van der Waals surface area contributed by atoms with Crippen molar-refractivity contribution < 1.29 is 8.42 Å². The van der Waals surface area contributed by atoms with Gasteiger partial charge in [0.05, 0.1) is 11.4 Å². The number of H-pyrrole nitrogens is 1. The van der Waals surface area contributed by atoms with Crippen LogP contribution in [0.5, 0.6) is 0 Å². The average Bonchev–Trinajstić information content (AvgIpc) is 2.96. The lowest BCUT2D eigenvalue weighted by Gasteiger charge is -2.36. The van der Waals surface area contributed by atoms with E-state index in [1.807, 2.05) is 13.0 Å². The molecule has 148 valence electrons. The highest BCUT2D eigenvalue weighted by molar-refractivity contribution is 7.89. The van der Waals surface area contributed by atoms with Gasteiger partial charge in [-0.15, -0.1) is 0 Å². The lowest BCUT2D eigenvalue weighted by Crippen LogP contribution is -2.50. The van der Waals surface area contributed by atoms with Crippen molar-refractivity contribution in [3.63, 3.8) is 0 Å². The highest BCUT2D eigenvalue weighted by Crippen LogP contribution is 2.17. The van der Waals surface area contributed by atoms with E-state index in [1.54, 1.807) is 13.8 Å². The summed E-state index contributed by atoms with van der Waals surface area (Å²) in [4.78, 5) is 5.03. The van der Waals surface area contributed by atoms with Gasteiger partial charge >= 0.3 is 0 Å². The van der Waals surface area contributed by atoms with Crippen molar-refractivity contribution in [3.8, 4) is 0 Å². The molecule has 1 atom stereocenters. The number of aromatic amines is 1. The Morgan fingerprint density at radius 2 is 1.74 bits per heavy atom. The second kappa shape index (κ2) is 8.52. The first-order valence-corrected chi connectivity index (χ1v) is 10.9. The maximum Gasteiger partial charge on any atom is 0.244 e. The summed E-state index contributed by atoms with van der Waals surface area (Å²) in [6.45, 7) is 10.9. The van der Waals surface area contributed by atoms with Crippen LogP contribution in [0.15, 0.2) is 35.2 Å². The number of benzene rings is 1. The Bertz CT molecular complexity index is 823. The van der Waals surface area contributed by atoms with Crippen LogP contribution in [0.25, 0.3) is 0 Å². The van der Waals surface area contributed by atoms with Gasteiger partial charge in [-0.2, -0.15) is 5.10 Å². The Morgan fingerprint density at radius 1 is 1.11 bits per heavy atom. The highest BCUT2D eigenvalue weighted by Gasteiger charge is 2.26. The van der Waals surface area contributed by atoms with Crippen molar-refractivity contribution in [2.75, 3.05) is 32.7 Å². The van der Waals surface area contributed by atoms with E-state index in [9.17, 15) is 8.42 Å². The molecule has 1 aromatic heterocycles. The molecule has 0 unspecified atom stereocenters. The topological polar surface area (TPSA) is 81.3 Å². The molecule has 1 aliphatic rings. The minimum Gasteiger partial charge on any atom is -0.299 e. The van der Waals surface area contributed by atoms with Crippen LogP contribution in [-0.4, -0.2) is 67.2 Å². The normalized spacial score (nSPS) is 17.9. The zero-order valence-corrected chi connectivity index (χ0v) is 17.1. The molecule has 8 heteroatoms. The van der Waals surface area contributed by atoms with Gasteiger partial charge in [-0.1, -0.05) is 30.3 Å². The minimum absolute atomic E-state index is 0.163. The standard InChI is InChI=1S/C19H29N5O2S/c1-15(22-27(25,26)19-16(2)20-21-17(19)3)13-23-9-11-24(12-10-23)14-18-7-5-4-6-8-18/h4-8,15,22H,9-14H2,1-3H3,(H,20,21)/t15-/m0/s1. The summed E-state index contributed by atoms with van der Waals surface area (Å²) in [6, 6.07) is 10.3. The number of hydrogen-bond donors (Lipinski definition) is 2. The molecule has 1 saturated heterocycles. The number of hydrogen-bond acceptors (Lipinski definition) is 5. The van der Waals surface area contributed by atoms with E-state index >= 15 is 0 Å². The molecule has 7 nitrogen and oxygen atoms in total. The number of piperazine rings is 1. The average molecular weight is 392 g/mol. The fourth-order valence-corrected chi connectivity index (χ4v) is 5.26. The summed E-state index contributed by atoms with van der Waals surface area (Å²) >= 11 is 0. The minimum atomic E-state index is -3.56. The molecule has 2 N–H and O–H groups in total. The Kier molecular flexibility index (Phi) is 6.31. The van der Waals surface area contributed by atoms with E-state index in [2.05, 4.69) is 49.0 Å². The molecular weight excluding hydrogens is 362 g/mol. The molecular formula is C19H29N5O2S. The fourth-order valence-electron chi connectivity index (χ4n) is 3.66. The third-order valence-corrected chi connectivity index (χ3v) is 6.78. The third-order valence-electron chi connectivity index (χ3n) is 4.93. The molecule has 0 spiro atoms. The number of nitrogens with one attached hydrogen (secondary N) is 2. The largest absolute Gasteiger partial charge is 0.299 e. The van der Waals surface area contributed by atoms with Gasteiger partial charge < -0.3 is 0 Å². The summed E-state index contributed by atoms with van der Waals surface area (Å²) in [7, 11) is -3.56. The molecule has 0 aliphatic carbocycles. The molecule has 0 bridgehead atoms. The maximum atomic E-state index is 12.6. The van der Waals surface area contributed by atoms with E-state index in [0.717, 1.165) is 32.7 Å². The maximum absolute atomic E-state index is 12.6. The number of aromatic nitrogens is 2. The second-order valence-electron chi connectivity index (χ2n) is 7.35. The monoisotopic (exact) mass is 391 g/mol. The van der Waals surface area contributed by atoms with Crippen LogP contribution in [0.2, 0.25) is 0 Å². The van der Waals surface area contributed by atoms with Crippen LogP contribution in [-0.2, 0) is 16.6 Å². The number of nitrogens with zero attached hydrogens (tertiary/aromatic N) is 3. The predicted molar refractivity (Wildman–Crippen MR) is 106 cm³/mol. The highest BCUT2D eigenvalue weighted by atomic mass is 32.2. The SMILES string of the molecule is Cc1n[nH]c(C)c1S(=O)(=O)N[C@@H](C)CN1CCN(Cc2ccccc2)CC1. The van der Waals surface area contributed by atoms with Crippen LogP contribution < -0.4 is 4.72 Å². The molecule has 1 fully saturated rings. The zero-order valence-electron chi connectivity index (χ0n) is 16.3. The first-order valence-electron chi connectivity index (χ1n) is 9.37. The Labute approximate surface area is 161 Å². The van der Waals surface area contributed by atoms with Crippen LogP contribution in [0.3, 0.4) is 0 Å². The third kappa shape index (κ3) is 5.16. The van der Waals surface area contributed by atoms with E-state index in [1.165, 1.54) is 5.56 Å². The van der Waals surface area contributed by atoms with Gasteiger partial charge in [0, 0.05) is 45.3 Å². The van der Waals surface area contributed by atoms with Crippen LogP contribution in [0, 0.1) is 13.8 Å². The molecule has 2 aromatic rings. The summed E-state index contributed by atoms with van der Waals surface area (Å²) in [5.74, 6) is 0. The zero-order chi connectivity index (χ0) is 19.4. The first-order chi connectivity index (χ1) is 12.8. The molecule has 0 amide bonds. The molecule has 0 radical (unpaired) electrons. The van der Waals surface area contributed by atoms with E-state index in [-0.39, 0.29) is 10.9 Å². The van der Waals surface area contributed by atoms with Crippen LogP contribution in [0.1, 0.15) is 23.9 Å². The molecule has 3 rings (SSSR count). The molecule has 27 heavy (non-hydrogen) atoms. The Hall–Kier alpha value is -1.74. The molecule has 1 aromatic carbocycles. The lowest BCUT2D eigenvalue weighted by molar-refractivity contribution is 0.122. The summed E-state index contributed by atoms with van der Waals surface area (Å²) < 4.78 is 28.1. The van der Waals surface area contributed by atoms with E-state index < -0.39 is 10.0 Å². The van der Waals surface area contributed by atoms with Gasteiger partial charge in [-0.3, -0.25) is 14.9 Å². The van der Waals surface area contributed by atoms with Crippen molar-refractivity contribution in [2.24, 2.45) is 0 Å². The quantitative estimate of drug-likeness (QED) is 0.748. The summed E-state index contributed by atoms with van der Waals surface area (Å²) in [5.41, 5.74) is 2.40. The Balaban J connectivity index is 1.49. The number of rotatable bonds is 7. The second-order valence-corrected chi connectivity index (χ2v) is 9.00. The van der Waals surface area contributed by atoms with Crippen molar-refractivity contribution in [2.45, 2.75) is 38.3 Å². The van der Waals surface area contributed by atoms with Gasteiger partial charge in [0.15, 0.2) is 0 Å². The Morgan fingerprint density at radius 3 is 2.33 bits per heavy atom. The molecule has 1 aliphatic heterocycles. The van der Waals surface area contributed by atoms with Gasteiger partial charge in [-0.05, 0) is 26.3 Å². The first kappa shape index (κ1) is 20.0. The van der Waals surface area contributed by atoms with Crippen molar-refractivity contribution in [1.29, 1.82) is 0 Å².